The van der Waals surface area contributed by atoms with Crippen molar-refractivity contribution < 1.29 is 9.84 Å². The molecule has 0 aliphatic carbocycles. The van der Waals surface area contributed by atoms with Gasteiger partial charge in [0.1, 0.15) is 0 Å². The van der Waals surface area contributed by atoms with Crippen LogP contribution in [0.2, 0.25) is 5.02 Å². The lowest BCUT2D eigenvalue weighted by Gasteiger charge is -2.37. The third kappa shape index (κ3) is 6.20. The van der Waals surface area contributed by atoms with Crippen molar-refractivity contribution >= 4 is 17.3 Å². The highest BCUT2D eigenvalue weighted by molar-refractivity contribution is 6.30. The molecule has 5 heteroatoms. The monoisotopic (exact) mass is 364 g/mol. The predicted molar refractivity (Wildman–Crippen MR) is 104 cm³/mol. The summed E-state index contributed by atoms with van der Waals surface area (Å²) in [7, 11) is 0. The van der Waals surface area contributed by atoms with Gasteiger partial charge in [-0.25, -0.2) is 0 Å². The number of terminal acetylenes is 1. The second kappa shape index (κ2) is 8.91. The van der Waals surface area contributed by atoms with Crippen molar-refractivity contribution in [2.45, 2.75) is 38.9 Å². The van der Waals surface area contributed by atoms with Gasteiger partial charge in [0.15, 0.2) is 0 Å². The molecule has 4 nitrogen and oxygen atoms in total. The fourth-order valence-electron chi connectivity index (χ4n) is 3.06. The van der Waals surface area contributed by atoms with E-state index in [4.69, 9.17) is 22.8 Å². The van der Waals surface area contributed by atoms with Crippen molar-refractivity contribution in [3.05, 3.63) is 28.8 Å². The minimum atomic E-state index is -0.503. The molecule has 1 saturated heterocycles. The maximum atomic E-state index is 10.2. The number of benzene rings is 1. The highest BCUT2D eigenvalue weighted by Gasteiger charge is 2.23. The third-order valence-corrected chi connectivity index (χ3v) is 4.78. The molecule has 0 bridgehead atoms. The van der Waals surface area contributed by atoms with Crippen LogP contribution in [-0.2, 0) is 4.74 Å². The molecule has 0 unspecified atom stereocenters. The largest absolute Gasteiger partial charge is 0.389 e. The summed E-state index contributed by atoms with van der Waals surface area (Å²) in [5.41, 5.74) is 2.05. The van der Waals surface area contributed by atoms with Gasteiger partial charge in [-0.05, 0) is 38.5 Å². The van der Waals surface area contributed by atoms with Crippen molar-refractivity contribution in [3.63, 3.8) is 0 Å². The van der Waals surface area contributed by atoms with Gasteiger partial charge >= 0.3 is 0 Å². The van der Waals surface area contributed by atoms with E-state index in [0.717, 1.165) is 31.2 Å². The molecule has 0 radical (unpaired) electrons. The molecule has 1 aromatic rings. The first kappa shape index (κ1) is 20.1. The molecule has 1 aromatic carbocycles. The molecule has 1 atom stereocenters. The average Bonchev–Trinajstić information content (AvgIpc) is 2.56. The van der Waals surface area contributed by atoms with Gasteiger partial charge < -0.3 is 14.7 Å². The molecule has 2 rings (SSSR count). The summed E-state index contributed by atoms with van der Waals surface area (Å²) >= 11 is 6.13. The van der Waals surface area contributed by atoms with Crippen LogP contribution in [0.4, 0.5) is 5.69 Å². The Morgan fingerprint density at radius 3 is 2.64 bits per heavy atom. The lowest BCUT2D eigenvalue weighted by Crippen LogP contribution is -2.49. The van der Waals surface area contributed by atoms with Crippen molar-refractivity contribution in [3.8, 4) is 12.3 Å². The maximum absolute atomic E-state index is 10.2. The Labute approximate surface area is 156 Å². The lowest BCUT2D eigenvalue weighted by atomic mass is 10.1. The molecule has 1 aliphatic rings. The van der Waals surface area contributed by atoms with Crippen molar-refractivity contribution in [1.29, 1.82) is 0 Å². The SMILES string of the molecule is C#CCC(C)(C)OC[C@@H](O)CN1CCN(c2cc(Cl)ccc2C)CC1. The predicted octanol–water partition coefficient (Wildman–Crippen LogP) is 2.95. The Morgan fingerprint density at radius 2 is 2.00 bits per heavy atom. The molecule has 138 valence electrons. The summed E-state index contributed by atoms with van der Waals surface area (Å²) in [6, 6.07) is 6.01. The van der Waals surface area contributed by atoms with Crippen molar-refractivity contribution in [2.24, 2.45) is 0 Å². The first-order chi connectivity index (χ1) is 11.8. The van der Waals surface area contributed by atoms with Crippen LogP contribution < -0.4 is 4.90 Å². The van der Waals surface area contributed by atoms with Crippen molar-refractivity contribution in [2.75, 3.05) is 44.2 Å². The zero-order valence-electron chi connectivity index (χ0n) is 15.5. The number of aliphatic hydroxyl groups excluding tert-OH is 1. The van der Waals surface area contributed by atoms with Crippen LogP contribution in [0.3, 0.4) is 0 Å². The summed E-state index contributed by atoms with van der Waals surface area (Å²) in [6.07, 6.45) is 5.37. The second-order valence-electron chi connectivity index (χ2n) is 7.32. The minimum Gasteiger partial charge on any atom is -0.389 e. The van der Waals surface area contributed by atoms with Crippen LogP contribution in [-0.4, -0.2) is 61.0 Å². The van der Waals surface area contributed by atoms with E-state index in [9.17, 15) is 5.11 Å². The molecule has 0 amide bonds. The Hall–Kier alpha value is -1.25. The normalized spacial score (nSPS) is 17.4. The van der Waals surface area contributed by atoms with Gasteiger partial charge in [-0.3, -0.25) is 4.90 Å². The number of β-amino-alcohol motifs (C(OH)–C–C–N with tert-alkyl or cyclic N) is 1. The van der Waals surface area contributed by atoms with E-state index in [1.54, 1.807) is 0 Å². The van der Waals surface area contributed by atoms with E-state index in [-0.39, 0.29) is 0 Å². The van der Waals surface area contributed by atoms with Gasteiger partial charge in [-0.15, -0.1) is 12.3 Å². The number of hydrogen-bond donors (Lipinski definition) is 1. The quantitative estimate of drug-likeness (QED) is 0.754. The Morgan fingerprint density at radius 1 is 1.32 bits per heavy atom. The van der Waals surface area contributed by atoms with Crippen LogP contribution in [0, 0.1) is 19.3 Å². The molecule has 1 N–H and O–H groups in total. The summed E-state index contributed by atoms with van der Waals surface area (Å²) in [5, 5.41) is 11.0. The Kier molecular flexibility index (Phi) is 7.15. The van der Waals surface area contributed by atoms with Gasteiger partial charge in [0.05, 0.1) is 18.3 Å². The number of aryl methyl sites for hydroxylation is 1. The highest BCUT2D eigenvalue weighted by atomic mass is 35.5. The van der Waals surface area contributed by atoms with Crippen LogP contribution in [0.25, 0.3) is 0 Å². The fraction of sp³-hybridized carbons (Fsp3) is 0.600. The van der Waals surface area contributed by atoms with Crippen LogP contribution >= 0.6 is 11.6 Å². The molecule has 1 aliphatic heterocycles. The van der Waals surface area contributed by atoms with E-state index in [1.807, 2.05) is 26.0 Å². The zero-order chi connectivity index (χ0) is 18.4. The molecule has 0 aromatic heterocycles. The summed E-state index contributed by atoms with van der Waals surface area (Å²) in [6.45, 7) is 10.6. The first-order valence-electron chi connectivity index (χ1n) is 8.80. The molecule has 1 fully saturated rings. The van der Waals surface area contributed by atoms with Gasteiger partial charge in [0, 0.05) is 49.9 Å². The third-order valence-electron chi connectivity index (χ3n) is 4.55. The summed E-state index contributed by atoms with van der Waals surface area (Å²) in [5.74, 6) is 2.61. The Bertz CT molecular complexity index is 604. The highest BCUT2D eigenvalue weighted by Crippen LogP contribution is 2.25. The summed E-state index contributed by atoms with van der Waals surface area (Å²) < 4.78 is 5.75. The number of halogens is 1. The van der Waals surface area contributed by atoms with Crippen molar-refractivity contribution in [1.82, 2.24) is 4.90 Å². The van der Waals surface area contributed by atoms with Crippen LogP contribution in [0.1, 0.15) is 25.8 Å². The van der Waals surface area contributed by atoms with E-state index in [0.29, 0.717) is 19.6 Å². The van der Waals surface area contributed by atoms with Gasteiger partial charge in [0.2, 0.25) is 0 Å². The van der Waals surface area contributed by atoms with E-state index in [2.05, 4.69) is 28.7 Å². The topological polar surface area (TPSA) is 35.9 Å². The zero-order valence-corrected chi connectivity index (χ0v) is 16.2. The second-order valence-corrected chi connectivity index (χ2v) is 7.76. The molecular weight excluding hydrogens is 336 g/mol. The summed E-state index contributed by atoms with van der Waals surface area (Å²) in [4.78, 5) is 4.63. The lowest BCUT2D eigenvalue weighted by molar-refractivity contribution is -0.0632. The molecule has 0 spiro atoms. The number of rotatable bonds is 7. The number of piperazine rings is 1. The van der Waals surface area contributed by atoms with Gasteiger partial charge in [-0.2, -0.15) is 0 Å². The fourth-order valence-corrected chi connectivity index (χ4v) is 3.23. The maximum Gasteiger partial charge on any atom is 0.0900 e. The number of anilines is 1. The van der Waals surface area contributed by atoms with E-state index >= 15 is 0 Å². The number of nitrogens with zero attached hydrogens (tertiary/aromatic N) is 2. The Balaban J connectivity index is 1.78. The number of aliphatic hydroxyl groups is 1. The molecular formula is C20H29ClN2O2. The average molecular weight is 365 g/mol. The molecule has 25 heavy (non-hydrogen) atoms. The van der Waals surface area contributed by atoms with E-state index in [1.165, 1.54) is 11.3 Å². The minimum absolute atomic E-state index is 0.308. The molecule has 0 saturated carbocycles. The molecule has 1 heterocycles. The van der Waals surface area contributed by atoms with Gasteiger partial charge in [-0.1, -0.05) is 17.7 Å². The van der Waals surface area contributed by atoms with Gasteiger partial charge in [0.25, 0.3) is 0 Å². The number of ether oxygens (including phenoxy) is 1. The standard InChI is InChI=1S/C20H29ClN2O2/c1-5-8-20(3,4)25-15-18(24)14-22-9-11-23(12-10-22)19-13-17(21)7-6-16(19)2/h1,6-7,13,18,24H,8-12,14-15H2,2-4H3/t18-/m0/s1. The van der Waals surface area contributed by atoms with E-state index < -0.39 is 11.7 Å². The first-order valence-corrected chi connectivity index (χ1v) is 9.17. The van der Waals surface area contributed by atoms with Crippen LogP contribution in [0.15, 0.2) is 18.2 Å². The smallest absolute Gasteiger partial charge is 0.0900 e. The number of hydrogen-bond acceptors (Lipinski definition) is 4. The van der Waals surface area contributed by atoms with Crippen LogP contribution in [0.5, 0.6) is 0 Å².